The number of methoxy groups -OCH3 is 1. The van der Waals surface area contributed by atoms with Gasteiger partial charge in [-0.25, -0.2) is 8.42 Å². The predicted octanol–water partition coefficient (Wildman–Crippen LogP) is 0.345. The molecule has 0 saturated carbocycles. The highest BCUT2D eigenvalue weighted by molar-refractivity contribution is 7.89. The van der Waals surface area contributed by atoms with Gasteiger partial charge in [0.25, 0.3) is 11.8 Å². The zero-order chi connectivity index (χ0) is 22.1. The van der Waals surface area contributed by atoms with Crippen LogP contribution in [0.4, 0.5) is 0 Å². The molecule has 0 saturated heterocycles. The fourth-order valence-electron chi connectivity index (χ4n) is 2.14. The monoisotopic (exact) mass is 431 g/mol. The second-order valence-corrected chi connectivity index (χ2v) is 7.50. The Morgan fingerprint density at radius 1 is 1.10 bits per heavy atom. The molecule has 0 unspecified atom stereocenters. The smallest absolute Gasteiger partial charge is 0.321 e. The lowest BCUT2D eigenvalue weighted by atomic mass is 10.2. The number of nitrogens with one attached hydrogen (secondary N) is 2. The molecular weight excluding hydrogens is 414 g/mol. The van der Waals surface area contributed by atoms with Crippen molar-refractivity contribution in [1.82, 2.24) is 10.0 Å². The standard InChI is InChI=1S/C19H17N3O7S/c1-28-15-7-5-14(6-8-15)19(25)22-17(23)12-29-18(24)11-21-30(26,27)16-4-2-3-13(9-16)10-20/h2-9,21H,11-12H2,1H3,(H,22,23,25). The molecule has 0 radical (unpaired) electrons. The van der Waals surface area contributed by atoms with E-state index in [4.69, 9.17) is 10.00 Å². The van der Waals surface area contributed by atoms with E-state index in [-0.39, 0.29) is 16.0 Å². The van der Waals surface area contributed by atoms with Crippen LogP contribution >= 0.6 is 0 Å². The van der Waals surface area contributed by atoms with Crippen LogP contribution in [0.5, 0.6) is 5.75 Å². The molecule has 30 heavy (non-hydrogen) atoms. The molecule has 2 N–H and O–H groups in total. The van der Waals surface area contributed by atoms with Crippen molar-refractivity contribution < 1.29 is 32.3 Å². The molecule has 0 spiro atoms. The van der Waals surface area contributed by atoms with Gasteiger partial charge in [0.15, 0.2) is 6.61 Å². The van der Waals surface area contributed by atoms with Crippen LogP contribution < -0.4 is 14.8 Å². The Labute approximate surface area is 172 Å². The maximum absolute atomic E-state index is 12.1. The number of imide groups is 1. The molecule has 0 bridgehead atoms. The Balaban J connectivity index is 1.81. The Morgan fingerprint density at radius 3 is 2.43 bits per heavy atom. The molecule has 2 amide bonds. The quantitative estimate of drug-likeness (QED) is 0.568. The van der Waals surface area contributed by atoms with E-state index in [1.54, 1.807) is 0 Å². The summed E-state index contributed by atoms with van der Waals surface area (Å²) in [5, 5.41) is 10.9. The number of amides is 2. The molecule has 2 aromatic rings. The highest BCUT2D eigenvalue weighted by Gasteiger charge is 2.18. The first-order valence-electron chi connectivity index (χ1n) is 8.39. The van der Waals surface area contributed by atoms with Crippen LogP contribution in [0, 0.1) is 11.3 Å². The lowest BCUT2D eigenvalue weighted by molar-refractivity contribution is -0.147. The third-order valence-electron chi connectivity index (χ3n) is 3.65. The Hall–Kier alpha value is -3.75. The third-order valence-corrected chi connectivity index (χ3v) is 5.05. The number of nitrogens with zero attached hydrogens (tertiary/aromatic N) is 1. The zero-order valence-electron chi connectivity index (χ0n) is 15.7. The zero-order valence-corrected chi connectivity index (χ0v) is 16.6. The van der Waals surface area contributed by atoms with Gasteiger partial charge in [-0.2, -0.15) is 9.98 Å². The van der Waals surface area contributed by atoms with Crippen molar-refractivity contribution in [3.8, 4) is 11.8 Å². The maximum Gasteiger partial charge on any atom is 0.321 e. The van der Waals surface area contributed by atoms with Gasteiger partial charge in [-0.3, -0.25) is 19.7 Å². The number of nitriles is 1. The van der Waals surface area contributed by atoms with Gasteiger partial charge in [0.2, 0.25) is 10.0 Å². The molecule has 11 heteroatoms. The first-order chi connectivity index (χ1) is 14.2. The molecule has 0 atom stereocenters. The fraction of sp³-hybridized carbons (Fsp3) is 0.158. The minimum Gasteiger partial charge on any atom is -0.497 e. The van der Waals surface area contributed by atoms with Crippen molar-refractivity contribution >= 4 is 27.8 Å². The Kier molecular flexibility index (Phi) is 7.62. The van der Waals surface area contributed by atoms with Gasteiger partial charge in [-0.1, -0.05) is 6.07 Å². The van der Waals surface area contributed by atoms with Crippen LogP contribution in [0.15, 0.2) is 53.4 Å². The number of ether oxygens (including phenoxy) is 2. The van der Waals surface area contributed by atoms with Gasteiger partial charge in [0, 0.05) is 5.56 Å². The summed E-state index contributed by atoms with van der Waals surface area (Å²) < 4.78 is 35.9. The minimum atomic E-state index is -4.05. The van der Waals surface area contributed by atoms with Crippen LogP contribution in [-0.2, 0) is 24.3 Å². The van der Waals surface area contributed by atoms with Crippen LogP contribution in [0.1, 0.15) is 15.9 Å². The largest absolute Gasteiger partial charge is 0.497 e. The summed E-state index contributed by atoms with van der Waals surface area (Å²) in [7, 11) is -2.59. The predicted molar refractivity (Wildman–Crippen MR) is 103 cm³/mol. The van der Waals surface area contributed by atoms with Gasteiger partial charge < -0.3 is 9.47 Å². The lowest BCUT2D eigenvalue weighted by Crippen LogP contribution is -2.36. The summed E-state index contributed by atoms with van der Waals surface area (Å²) >= 11 is 0. The highest BCUT2D eigenvalue weighted by Crippen LogP contribution is 2.11. The molecule has 0 aromatic heterocycles. The summed E-state index contributed by atoms with van der Waals surface area (Å²) in [6, 6.07) is 13.0. The summed E-state index contributed by atoms with van der Waals surface area (Å²) in [4.78, 5) is 35.2. The first kappa shape index (κ1) is 22.5. The number of benzene rings is 2. The van der Waals surface area contributed by atoms with E-state index in [9.17, 15) is 22.8 Å². The van der Waals surface area contributed by atoms with E-state index in [0.717, 1.165) is 6.07 Å². The lowest BCUT2D eigenvalue weighted by Gasteiger charge is -2.08. The van der Waals surface area contributed by atoms with Gasteiger partial charge in [0.05, 0.1) is 23.6 Å². The van der Waals surface area contributed by atoms with E-state index in [2.05, 4.69) is 4.74 Å². The minimum absolute atomic E-state index is 0.138. The molecule has 0 aliphatic carbocycles. The van der Waals surface area contributed by atoms with Crippen LogP contribution in [-0.4, -0.2) is 46.5 Å². The first-order valence-corrected chi connectivity index (χ1v) is 9.87. The van der Waals surface area contributed by atoms with E-state index in [1.165, 1.54) is 49.6 Å². The SMILES string of the molecule is COc1ccc(C(=O)NC(=O)COC(=O)CNS(=O)(=O)c2cccc(C#N)c2)cc1. The molecule has 0 fully saturated rings. The average molecular weight is 431 g/mol. The van der Waals surface area contributed by atoms with E-state index < -0.39 is 41.0 Å². The second-order valence-electron chi connectivity index (χ2n) is 5.73. The Bertz CT molecular complexity index is 1090. The van der Waals surface area contributed by atoms with Crippen LogP contribution in [0.25, 0.3) is 0 Å². The van der Waals surface area contributed by atoms with Gasteiger partial charge in [-0.05, 0) is 42.5 Å². The summed E-state index contributed by atoms with van der Waals surface area (Å²) in [5.41, 5.74) is 0.335. The molecule has 0 aliphatic rings. The second kappa shape index (κ2) is 10.1. The normalized spacial score (nSPS) is 10.5. The number of rotatable bonds is 8. The van der Waals surface area contributed by atoms with E-state index >= 15 is 0 Å². The number of esters is 1. The number of carbonyl (C=O) groups is 3. The Morgan fingerprint density at radius 2 is 1.80 bits per heavy atom. The third kappa shape index (κ3) is 6.40. The number of hydrogen-bond acceptors (Lipinski definition) is 8. The van der Waals surface area contributed by atoms with Crippen molar-refractivity contribution in [3.05, 3.63) is 59.7 Å². The van der Waals surface area contributed by atoms with Gasteiger partial charge in [0.1, 0.15) is 12.3 Å². The van der Waals surface area contributed by atoms with Crippen molar-refractivity contribution in [2.24, 2.45) is 0 Å². The highest BCUT2D eigenvalue weighted by atomic mass is 32.2. The van der Waals surface area contributed by atoms with Crippen LogP contribution in [0.2, 0.25) is 0 Å². The fourth-order valence-corrected chi connectivity index (χ4v) is 3.16. The molecule has 0 aliphatic heterocycles. The summed E-state index contributed by atoms with van der Waals surface area (Å²) in [6.45, 7) is -1.51. The molecule has 156 valence electrons. The average Bonchev–Trinajstić information content (AvgIpc) is 2.76. The summed E-state index contributed by atoms with van der Waals surface area (Å²) in [6.07, 6.45) is 0. The molecule has 2 rings (SSSR count). The van der Waals surface area contributed by atoms with Crippen molar-refractivity contribution in [1.29, 1.82) is 5.26 Å². The van der Waals surface area contributed by atoms with Crippen molar-refractivity contribution in [2.45, 2.75) is 4.90 Å². The van der Waals surface area contributed by atoms with Gasteiger partial charge in [-0.15, -0.1) is 0 Å². The van der Waals surface area contributed by atoms with E-state index in [0.29, 0.717) is 5.75 Å². The summed E-state index contributed by atoms with van der Waals surface area (Å²) in [5.74, 6) is -2.07. The molecule has 0 heterocycles. The number of sulfonamides is 1. The van der Waals surface area contributed by atoms with Crippen molar-refractivity contribution in [2.75, 3.05) is 20.3 Å². The maximum atomic E-state index is 12.1. The van der Waals surface area contributed by atoms with E-state index in [1.807, 2.05) is 16.1 Å². The topological polar surface area (TPSA) is 152 Å². The van der Waals surface area contributed by atoms with Crippen molar-refractivity contribution in [3.63, 3.8) is 0 Å². The molecule has 10 nitrogen and oxygen atoms in total. The molecule has 2 aromatic carbocycles. The van der Waals surface area contributed by atoms with Crippen LogP contribution in [0.3, 0.4) is 0 Å². The van der Waals surface area contributed by atoms with Gasteiger partial charge >= 0.3 is 5.97 Å². The number of hydrogen-bond donors (Lipinski definition) is 2. The number of carbonyl (C=O) groups excluding carboxylic acids is 3. The molecular formula is C19H17N3O7S.